The molecule has 0 saturated carbocycles. The number of phenolic OH excluding ortho intramolecular Hbond substituents is 1. The van der Waals surface area contributed by atoms with Gasteiger partial charge in [-0.05, 0) is 80.2 Å². The minimum atomic E-state index is -0.0442. The van der Waals surface area contributed by atoms with E-state index >= 15 is 0 Å². The minimum absolute atomic E-state index is 0.0442. The van der Waals surface area contributed by atoms with E-state index in [1.165, 1.54) is 59.9 Å². The van der Waals surface area contributed by atoms with Crippen LogP contribution in [0.4, 0.5) is 0 Å². The Hall–Kier alpha value is -2.15. The Morgan fingerprint density at radius 1 is 0.886 bits per heavy atom. The molecule has 0 aliphatic carbocycles. The molecule has 1 aliphatic rings. The summed E-state index contributed by atoms with van der Waals surface area (Å²) in [6, 6.07) is 24.0. The highest BCUT2D eigenvalue weighted by molar-refractivity contribution is 7.48. The third kappa shape index (κ3) is 6.54. The molecule has 1 saturated heterocycles. The normalized spacial score (nSPS) is 16.5. The summed E-state index contributed by atoms with van der Waals surface area (Å²) < 4.78 is 0. The Morgan fingerprint density at radius 2 is 1.66 bits per heavy atom. The summed E-state index contributed by atoms with van der Waals surface area (Å²) in [4.78, 5) is 2.64. The van der Waals surface area contributed by atoms with Gasteiger partial charge < -0.3 is 5.11 Å². The third-order valence-corrected chi connectivity index (χ3v) is 9.69. The molecule has 3 heteroatoms. The first-order valence-electron chi connectivity index (χ1n) is 13.5. The van der Waals surface area contributed by atoms with Crippen LogP contribution in [-0.4, -0.2) is 23.1 Å². The highest BCUT2D eigenvalue weighted by Crippen LogP contribution is 2.51. The average molecular weight is 488 g/mol. The molecular weight excluding hydrogens is 445 g/mol. The molecule has 35 heavy (non-hydrogen) atoms. The molecule has 1 aliphatic heterocycles. The van der Waals surface area contributed by atoms with Crippen molar-refractivity contribution in [1.82, 2.24) is 4.90 Å². The summed E-state index contributed by atoms with van der Waals surface area (Å²) in [6.07, 6.45) is 8.12. The van der Waals surface area contributed by atoms with E-state index in [0.717, 1.165) is 37.8 Å². The Morgan fingerprint density at radius 3 is 2.37 bits per heavy atom. The smallest absolute Gasteiger partial charge is 0.119 e. The van der Waals surface area contributed by atoms with Crippen LogP contribution in [0.15, 0.2) is 66.7 Å². The van der Waals surface area contributed by atoms with Crippen LogP contribution < -0.4 is 5.30 Å². The topological polar surface area (TPSA) is 23.5 Å². The minimum Gasteiger partial charge on any atom is -0.508 e. The number of aryl methyl sites for hydroxylation is 1. The van der Waals surface area contributed by atoms with Gasteiger partial charge in [0.1, 0.15) is 5.75 Å². The van der Waals surface area contributed by atoms with Crippen molar-refractivity contribution in [2.45, 2.75) is 77.4 Å². The first-order chi connectivity index (χ1) is 17.0. The highest BCUT2D eigenvalue weighted by Gasteiger charge is 2.33. The number of likely N-dealkylation sites (tertiary alicyclic amines) is 1. The lowest BCUT2D eigenvalue weighted by molar-refractivity contribution is 0.221. The van der Waals surface area contributed by atoms with Crippen LogP contribution in [0.5, 0.6) is 5.75 Å². The van der Waals surface area contributed by atoms with Crippen molar-refractivity contribution >= 4 is 13.9 Å². The van der Waals surface area contributed by atoms with E-state index in [9.17, 15) is 5.11 Å². The van der Waals surface area contributed by atoms with Gasteiger partial charge in [0.05, 0.1) is 0 Å². The maximum absolute atomic E-state index is 11.1. The second kappa shape index (κ2) is 12.2. The van der Waals surface area contributed by atoms with Gasteiger partial charge in [0.25, 0.3) is 0 Å². The molecule has 0 spiro atoms. The van der Waals surface area contributed by atoms with Gasteiger partial charge in [-0.1, -0.05) is 101 Å². The standard InChI is InChI=1S/C32H42NOP/c1-4-18-32(5-2,29-23-27(15-16-30(29)34)22-26-12-8-6-9-13-26)35-31-17-14-25(3)21-28(31)24-33-19-10-7-11-20-33/h6,8-9,12-17,21,23,34-35H,4-5,7,10-11,18-20,22,24H2,1-3H3. The van der Waals surface area contributed by atoms with Crippen molar-refractivity contribution in [3.63, 3.8) is 0 Å². The van der Waals surface area contributed by atoms with Crippen LogP contribution in [0, 0.1) is 6.92 Å². The first-order valence-corrected chi connectivity index (χ1v) is 14.5. The highest BCUT2D eigenvalue weighted by atomic mass is 31.1. The van der Waals surface area contributed by atoms with Crippen LogP contribution in [-0.2, 0) is 18.1 Å². The largest absolute Gasteiger partial charge is 0.508 e. The SMILES string of the molecule is CCCC(CC)(Pc1ccc(C)cc1CN1CCCCC1)c1cc(Cc2ccccc2)ccc1O. The summed E-state index contributed by atoms with van der Waals surface area (Å²) in [7, 11) is 0.640. The van der Waals surface area contributed by atoms with Crippen LogP contribution in [0.3, 0.4) is 0 Å². The molecule has 1 N–H and O–H groups in total. The molecule has 0 aromatic heterocycles. The van der Waals surface area contributed by atoms with Crippen LogP contribution in [0.25, 0.3) is 0 Å². The molecular formula is C32H42NOP. The maximum atomic E-state index is 11.1. The zero-order valence-electron chi connectivity index (χ0n) is 21.8. The summed E-state index contributed by atoms with van der Waals surface area (Å²) in [5, 5.41) is 12.6. The van der Waals surface area contributed by atoms with E-state index in [-0.39, 0.29) is 5.16 Å². The molecule has 3 aromatic carbocycles. The van der Waals surface area contributed by atoms with Crippen LogP contribution in [0.1, 0.15) is 80.2 Å². The lowest BCUT2D eigenvalue weighted by Crippen LogP contribution is -2.31. The van der Waals surface area contributed by atoms with Gasteiger partial charge in [-0.25, -0.2) is 0 Å². The Balaban J connectivity index is 1.68. The molecule has 2 unspecified atom stereocenters. The lowest BCUT2D eigenvalue weighted by atomic mass is 9.88. The summed E-state index contributed by atoms with van der Waals surface area (Å²) in [5.41, 5.74) is 6.56. The summed E-state index contributed by atoms with van der Waals surface area (Å²) in [5.74, 6) is 0.453. The van der Waals surface area contributed by atoms with E-state index < -0.39 is 0 Å². The van der Waals surface area contributed by atoms with Crippen LogP contribution in [0.2, 0.25) is 0 Å². The van der Waals surface area contributed by atoms with Gasteiger partial charge in [-0.3, -0.25) is 4.90 Å². The van der Waals surface area contributed by atoms with Gasteiger partial charge in [0.15, 0.2) is 0 Å². The van der Waals surface area contributed by atoms with Gasteiger partial charge in [-0.15, -0.1) is 0 Å². The quantitative estimate of drug-likeness (QED) is 0.296. The van der Waals surface area contributed by atoms with Gasteiger partial charge in [0, 0.05) is 17.3 Å². The molecule has 2 nitrogen and oxygen atoms in total. The van der Waals surface area contributed by atoms with Crippen molar-refractivity contribution in [1.29, 1.82) is 0 Å². The molecule has 0 bridgehead atoms. The maximum Gasteiger partial charge on any atom is 0.119 e. The second-order valence-corrected chi connectivity index (χ2v) is 12.1. The first kappa shape index (κ1) is 25.9. The van der Waals surface area contributed by atoms with Crippen molar-refractivity contribution in [3.05, 3.63) is 94.5 Å². The fraction of sp³-hybridized carbons (Fsp3) is 0.438. The summed E-state index contributed by atoms with van der Waals surface area (Å²) >= 11 is 0. The molecule has 186 valence electrons. The number of phenols is 1. The van der Waals surface area contributed by atoms with Crippen molar-refractivity contribution < 1.29 is 5.11 Å². The average Bonchev–Trinajstić information content (AvgIpc) is 2.88. The Kier molecular flexibility index (Phi) is 9.04. The van der Waals surface area contributed by atoms with Crippen molar-refractivity contribution in [2.75, 3.05) is 13.1 Å². The molecule has 1 fully saturated rings. The van der Waals surface area contributed by atoms with E-state index in [1.807, 2.05) is 6.07 Å². The predicted molar refractivity (Wildman–Crippen MR) is 152 cm³/mol. The number of rotatable bonds is 10. The van der Waals surface area contributed by atoms with E-state index in [1.54, 1.807) is 0 Å². The second-order valence-electron chi connectivity index (χ2n) is 10.3. The van der Waals surface area contributed by atoms with E-state index in [0.29, 0.717) is 14.3 Å². The van der Waals surface area contributed by atoms with E-state index in [4.69, 9.17) is 0 Å². The molecule has 0 amide bonds. The summed E-state index contributed by atoms with van der Waals surface area (Å²) in [6.45, 7) is 10.3. The lowest BCUT2D eigenvalue weighted by Gasteiger charge is -2.36. The zero-order valence-corrected chi connectivity index (χ0v) is 22.8. The number of nitrogens with zero attached hydrogens (tertiary/aromatic N) is 1. The molecule has 2 atom stereocenters. The van der Waals surface area contributed by atoms with Gasteiger partial charge >= 0.3 is 0 Å². The molecule has 0 radical (unpaired) electrons. The zero-order chi connectivity index (χ0) is 24.7. The number of piperidine rings is 1. The molecule has 4 rings (SSSR count). The number of aromatic hydroxyl groups is 1. The van der Waals surface area contributed by atoms with Crippen molar-refractivity contribution in [2.24, 2.45) is 0 Å². The fourth-order valence-corrected chi connectivity index (χ4v) is 7.53. The Labute approximate surface area is 214 Å². The van der Waals surface area contributed by atoms with E-state index in [2.05, 4.69) is 86.3 Å². The number of hydrogen-bond acceptors (Lipinski definition) is 2. The van der Waals surface area contributed by atoms with Gasteiger partial charge in [-0.2, -0.15) is 0 Å². The molecule has 3 aromatic rings. The fourth-order valence-electron chi connectivity index (χ4n) is 5.65. The number of hydrogen-bond donors (Lipinski definition) is 1. The van der Waals surface area contributed by atoms with Gasteiger partial charge in [0.2, 0.25) is 0 Å². The molecule has 1 heterocycles. The predicted octanol–water partition coefficient (Wildman–Crippen LogP) is 7.69. The van der Waals surface area contributed by atoms with Crippen molar-refractivity contribution in [3.8, 4) is 5.75 Å². The number of benzene rings is 3. The third-order valence-electron chi connectivity index (χ3n) is 7.59. The van der Waals surface area contributed by atoms with Crippen LogP contribution >= 0.6 is 8.58 Å². The monoisotopic (exact) mass is 487 g/mol. The Bertz CT molecular complexity index is 1090.